The molecule has 0 saturated carbocycles. The van der Waals surface area contributed by atoms with Crippen molar-refractivity contribution in [2.45, 2.75) is 47.0 Å². The molecule has 0 atom stereocenters. The standard InChI is InChI=1S/C26H26N2O/c1-5-17-14-18(6-2)24(19(7-3)15-17)23-13-11-21-9-8-20-10-12-22(16(4)29)27-25(20)26(21)28-23/h8-15H,5-7H2,1-4H3. The monoisotopic (exact) mass is 382 g/mol. The Labute approximate surface area is 171 Å². The molecule has 4 aromatic rings. The largest absolute Gasteiger partial charge is 0.293 e. The zero-order valence-corrected chi connectivity index (χ0v) is 17.5. The van der Waals surface area contributed by atoms with E-state index in [0.29, 0.717) is 5.69 Å². The van der Waals surface area contributed by atoms with E-state index in [2.05, 4.69) is 56.1 Å². The van der Waals surface area contributed by atoms with Gasteiger partial charge in [-0.1, -0.05) is 57.2 Å². The van der Waals surface area contributed by atoms with E-state index < -0.39 is 0 Å². The van der Waals surface area contributed by atoms with E-state index >= 15 is 0 Å². The smallest absolute Gasteiger partial charge is 0.178 e. The third-order valence-corrected chi connectivity index (χ3v) is 5.67. The maximum absolute atomic E-state index is 11.9. The van der Waals surface area contributed by atoms with Crippen molar-refractivity contribution in [3.8, 4) is 11.3 Å². The molecule has 146 valence electrons. The molecule has 3 heteroatoms. The molecule has 4 rings (SSSR count). The van der Waals surface area contributed by atoms with E-state index in [1.807, 2.05) is 12.1 Å². The summed E-state index contributed by atoms with van der Waals surface area (Å²) >= 11 is 0. The fraction of sp³-hybridized carbons (Fsp3) is 0.269. The molecular formula is C26H26N2O. The van der Waals surface area contributed by atoms with Gasteiger partial charge in [-0.05, 0) is 48.1 Å². The van der Waals surface area contributed by atoms with Crippen LogP contribution in [0.15, 0.2) is 48.5 Å². The Bertz CT molecular complexity index is 1220. The van der Waals surface area contributed by atoms with Gasteiger partial charge in [-0.15, -0.1) is 0 Å². The number of fused-ring (bicyclic) bond motifs is 3. The zero-order chi connectivity index (χ0) is 20.5. The van der Waals surface area contributed by atoms with Crippen LogP contribution in [0.3, 0.4) is 0 Å². The fourth-order valence-electron chi connectivity index (χ4n) is 4.03. The van der Waals surface area contributed by atoms with Crippen molar-refractivity contribution in [3.63, 3.8) is 0 Å². The van der Waals surface area contributed by atoms with Gasteiger partial charge in [-0.25, -0.2) is 9.97 Å². The molecular weight excluding hydrogens is 356 g/mol. The number of benzene rings is 2. The average molecular weight is 383 g/mol. The van der Waals surface area contributed by atoms with E-state index in [4.69, 9.17) is 4.98 Å². The predicted octanol–water partition coefficient (Wildman–Crippen LogP) is 6.34. The van der Waals surface area contributed by atoms with Crippen LogP contribution in [0, 0.1) is 0 Å². The minimum Gasteiger partial charge on any atom is -0.293 e. The summed E-state index contributed by atoms with van der Waals surface area (Å²) in [7, 11) is 0. The molecule has 0 aliphatic carbocycles. The lowest BCUT2D eigenvalue weighted by Crippen LogP contribution is -2.00. The van der Waals surface area contributed by atoms with Crippen molar-refractivity contribution in [2.24, 2.45) is 0 Å². The van der Waals surface area contributed by atoms with Gasteiger partial charge in [-0.2, -0.15) is 0 Å². The van der Waals surface area contributed by atoms with Crippen molar-refractivity contribution in [3.05, 3.63) is 70.9 Å². The Hall–Kier alpha value is -3.07. The van der Waals surface area contributed by atoms with Crippen molar-refractivity contribution in [1.29, 1.82) is 0 Å². The van der Waals surface area contributed by atoms with E-state index in [1.54, 1.807) is 13.0 Å². The number of aromatic nitrogens is 2. The fourth-order valence-corrected chi connectivity index (χ4v) is 4.03. The van der Waals surface area contributed by atoms with Gasteiger partial charge >= 0.3 is 0 Å². The summed E-state index contributed by atoms with van der Waals surface area (Å²) < 4.78 is 0. The summed E-state index contributed by atoms with van der Waals surface area (Å²) in [5.41, 5.74) is 8.40. The molecule has 0 unspecified atom stereocenters. The molecule has 0 fully saturated rings. The van der Waals surface area contributed by atoms with Crippen LogP contribution in [0.5, 0.6) is 0 Å². The van der Waals surface area contributed by atoms with Crippen molar-refractivity contribution in [2.75, 3.05) is 0 Å². The predicted molar refractivity (Wildman–Crippen MR) is 121 cm³/mol. The zero-order valence-electron chi connectivity index (χ0n) is 17.5. The third-order valence-electron chi connectivity index (χ3n) is 5.67. The molecule has 29 heavy (non-hydrogen) atoms. The number of carbonyl (C=O) groups excluding carboxylic acids is 1. The van der Waals surface area contributed by atoms with Crippen LogP contribution in [0.25, 0.3) is 33.1 Å². The second kappa shape index (κ2) is 7.75. The number of carbonyl (C=O) groups is 1. The second-order valence-electron chi connectivity index (χ2n) is 7.51. The molecule has 0 saturated heterocycles. The Morgan fingerprint density at radius 3 is 1.86 bits per heavy atom. The van der Waals surface area contributed by atoms with Crippen molar-refractivity contribution in [1.82, 2.24) is 9.97 Å². The first-order chi connectivity index (χ1) is 14.0. The molecule has 0 aliphatic rings. The van der Waals surface area contributed by atoms with Gasteiger partial charge in [0.2, 0.25) is 0 Å². The van der Waals surface area contributed by atoms with Crippen LogP contribution in [-0.4, -0.2) is 15.8 Å². The highest BCUT2D eigenvalue weighted by Gasteiger charge is 2.14. The highest BCUT2D eigenvalue weighted by Crippen LogP contribution is 2.32. The number of hydrogen-bond acceptors (Lipinski definition) is 3. The summed E-state index contributed by atoms with van der Waals surface area (Å²) in [4.78, 5) is 21.6. The van der Waals surface area contributed by atoms with Gasteiger partial charge in [0, 0.05) is 23.3 Å². The number of ketones is 1. The lowest BCUT2D eigenvalue weighted by molar-refractivity contribution is 0.101. The number of rotatable bonds is 5. The van der Waals surface area contributed by atoms with Gasteiger partial charge in [-0.3, -0.25) is 4.79 Å². The lowest BCUT2D eigenvalue weighted by Gasteiger charge is -2.16. The van der Waals surface area contributed by atoms with Crippen molar-refractivity contribution < 1.29 is 4.79 Å². The highest BCUT2D eigenvalue weighted by molar-refractivity contribution is 6.05. The number of pyridine rings is 2. The first-order valence-corrected chi connectivity index (χ1v) is 10.4. The van der Waals surface area contributed by atoms with E-state index in [-0.39, 0.29) is 5.78 Å². The highest BCUT2D eigenvalue weighted by atomic mass is 16.1. The minimum absolute atomic E-state index is 0.0308. The molecule has 0 N–H and O–H groups in total. The van der Waals surface area contributed by atoms with Crippen LogP contribution >= 0.6 is 0 Å². The topological polar surface area (TPSA) is 42.9 Å². The van der Waals surface area contributed by atoms with Gasteiger partial charge in [0.1, 0.15) is 5.69 Å². The quantitative estimate of drug-likeness (QED) is 0.299. The Morgan fingerprint density at radius 1 is 0.759 bits per heavy atom. The molecule has 2 heterocycles. The summed E-state index contributed by atoms with van der Waals surface area (Å²) in [6, 6.07) is 16.7. The van der Waals surface area contributed by atoms with Crippen LogP contribution < -0.4 is 0 Å². The van der Waals surface area contributed by atoms with E-state index in [1.165, 1.54) is 22.3 Å². The number of Topliss-reactive ketones (excluding diaryl/α,β-unsaturated/α-hetero) is 1. The maximum Gasteiger partial charge on any atom is 0.178 e. The lowest BCUT2D eigenvalue weighted by atomic mass is 9.91. The molecule has 0 aliphatic heterocycles. The average Bonchev–Trinajstić information content (AvgIpc) is 2.77. The van der Waals surface area contributed by atoms with E-state index in [9.17, 15) is 4.79 Å². The second-order valence-corrected chi connectivity index (χ2v) is 7.51. The number of hydrogen-bond donors (Lipinski definition) is 0. The molecule has 0 radical (unpaired) electrons. The summed E-state index contributed by atoms with van der Waals surface area (Å²) in [5, 5.41) is 2.04. The molecule has 0 bridgehead atoms. The van der Waals surface area contributed by atoms with Gasteiger partial charge < -0.3 is 0 Å². The first kappa shape index (κ1) is 19.3. The van der Waals surface area contributed by atoms with Gasteiger partial charge in [0.15, 0.2) is 5.78 Å². The molecule has 3 nitrogen and oxygen atoms in total. The van der Waals surface area contributed by atoms with Crippen LogP contribution in [-0.2, 0) is 19.3 Å². The van der Waals surface area contributed by atoms with Gasteiger partial charge in [0.05, 0.1) is 16.7 Å². The maximum atomic E-state index is 11.9. The minimum atomic E-state index is -0.0308. The Morgan fingerprint density at radius 2 is 1.31 bits per heavy atom. The molecule has 2 aromatic carbocycles. The summed E-state index contributed by atoms with van der Waals surface area (Å²) in [6.07, 6.45) is 2.98. The van der Waals surface area contributed by atoms with Crippen molar-refractivity contribution >= 4 is 27.6 Å². The Kier molecular flexibility index (Phi) is 5.14. The van der Waals surface area contributed by atoms with Gasteiger partial charge in [0.25, 0.3) is 0 Å². The van der Waals surface area contributed by atoms with Crippen LogP contribution in [0.2, 0.25) is 0 Å². The number of aryl methyl sites for hydroxylation is 3. The Balaban J connectivity index is 2.02. The van der Waals surface area contributed by atoms with Crippen LogP contribution in [0.1, 0.15) is 54.9 Å². The summed E-state index contributed by atoms with van der Waals surface area (Å²) in [6.45, 7) is 8.16. The number of nitrogens with zero attached hydrogens (tertiary/aromatic N) is 2. The third kappa shape index (κ3) is 3.42. The first-order valence-electron chi connectivity index (χ1n) is 10.4. The molecule has 2 aromatic heterocycles. The summed E-state index contributed by atoms with van der Waals surface area (Å²) in [5.74, 6) is -0.0308. The normalized spacial score (nSPS) is 11.3. The molecule has 0 amide bonds. The van der Waals surface area contributed by atoms with E-state index in [0.717, 1.165) is 46.8 Å². The molecule has 0 spiro atoms. The van der Waals surface area contributed by atoms with Crippen LogP contribution in [0.4, 0.5) is 0 Å². The SMILES string of the molecule is CCc1cc(CC)c(-c2ccc3ccc4ccc(C(C)=O)nc4c3n2)c(CC)c1.